The average molecular weight is 124 g/mol. The van der Waals surface area contributed by atoms with Crippen LogP contribution in [-0.4, -0.2) is 10.1 Å². The minimum Gasteiger partial charge on any atom is -0.508 e. The van der Waals surface area contributed by atoms with Crippen LogP contribution in [0.25, 0.3) is 0 Å². The SMILES string of the molecule is NCc1cc(O)ccn1. The van der Waals surface area contributed by atoms with Gasteiger partial charge in [-0.25, -0.2) is 0 Å². The van der Waals surface area contributed by atoms with Crippen molar-refractivity contribution in [3.05, 3.63) is 24.0 Å². The molecule has 3 heteroatoms. The van der Waals surface area contributed by atoms with Crippen LogP contribution in [0.15, 0.2) is 18.3 Å². The number of rotatable bonds is 1. The Balaban J connectivity index is 2.94. The molecule has 0 atom stereocenters. The van der Waals surface area contributed by atoms with Gasteiger partial charge in [0.2, 0.25) is 0 Å². The normalized spacial score (nSPS) is 9.44. The quantitative estimate of drug-likeness (QED) is 0.564. The summed E-state index contributed by atoms with van der Waals surface area (Å²) < 4.78 is 0. The Hall–Kier alpha value is -1.09. The van der Waals surface area contributed by atoms with E-state index in [0.29, 0.717) is 12.2 Å². The Kier molecular flexibility index (Phi) is 1.65. The van der Waals surface area contributed by atoms with Crippen molar-refractivity contribution in [1.29, 1.82) is 0 Å². The number of pyridine rings is 1. The van der Waals surface area contributed by atoms with Crippen molar-refractivity contribution >= 4 is 0 Å². The maximum Gasteiger partial charge on any atom is 0.118 e. The minimum absolute atomic E-state index is 0.213. The van der Waals surface area contributed by atoms with E-state index in [1.54, 1.807) is 6.07 Å². The van der Waals surface area contributed by atoms with Crippen molar-refractivity contribution < 1.29 is 5.11 Å². The smallest absolute Gasteiger partial charge is 0.118 e. The molecular weight excluding hydrogens is 116 g/mol. The molecule has 0 aliphatic carbocycles. The van der Waals surface area contributed by atoms with Gasteiger partial charge < -0.3 is 10.8 Å². The van der Waals surface area contributed by atoms with Gasteiger partial charge in [0.15, 0.2) is 0 Å². The Morgan fingerprint density at radius 1 is 1.67 bits per heavy atom. The molecule has 0 aliphatic heterocycles. The third kappa shape index (κ3) is 1.40. The van der Waals surface area contributed by atoms with Gasteiger partial charge in [-0.3, -0.25) is 4.98 Å². The number of hydrogen-bond acceptors (Lipinski definition) is 3. The molecule has 0 aromatic carbocycles. The molecule has 0 bridgehead atoms. The zero-order valence-electron chi connectivity index (χ0n) is 4.91. The molecule has 1 rings (SSSR count). The van der Waals surface area contributed by atoms with E-state index in [1.807, 2.05) is 0 Å². The average Bonchev–Trinajstić information content (AvgIpc) is 1.88. The van der Waals surface area contributed by atoms with Crippen LogP contribution in [0.5, 0.6) is 5.75 Å². The Morgan fingerprint density at radius 2 is 2.44 bits per heavy atom. The second-order valence-corrected chi connectivity index (χ2v) is 1.71. The third-order valence-corrected chi connectivity index (χ3v) is 1.01. The zero-order valence-corrected chi connectivity index (χ0v) is 4.91. The molecule has 3 nitrogen and oxygen atoms in total. The molecule has 0 fully saturated rings. The number of aromatic nitrogens is 1. The van der Waals surface area contributed by atoms with Crippen molar-refractivity contribution in [3.8, 4) is 5.75 Å². The van der Waals surface area contributed by atoms with Gasteiger partial charge in [0.25, 0.3) is 0 Å². The second kappa shape index (κ2) is 2.46. The van der Waals surface area contributed by atoms with Gasteiger partial charge in [0, 0.05) is 18.8 Å². The molecule has 1 aromatic rings. The number of nitrogens with two attached hydrogens (primary N) is 1. The summed E-state index contributed by atoms with van der Waals surface area (Å²) in [6.45, 7) is 0.369. The van der Waals surface area contributed by atoms with Gasteiger partial charge in [-0.15, -0.1) is 0 Å². The van der Waals surface area contributed by atoms with Crippen molar-refractivity contribution in [1.82, 2.24) is 4.98 Å². The first-order valence-corrected chi connectivity index (χ1v) is 2.67. The highest BCUT2D eigenvalue weighted by molar-refractivity contribution is 5.20. The van der Waals surface area contributed by atoms with Gasteiger partial charge >= 0.3 is 0 Å². The monoisotopic (exact) mass is 124 g/mol. The van der Waals surface area contributed by atoms with Crippen LogP contribution in [0.4, 0.5) is 0 Å². The molecule has 0 saturated heterocycles. The van der Waals surface area contributed by atoms with E-state index in [4.69, 9.17) is 10.8 Å². The first-order valence-electron chi connectivity index (χ1n) is 2.67. The van der Waals surface area contributed by atoms with Crippen molar-refractivity contribution in [3.63, 3.8) is 0 Å². The van der Waals surface area contributed by atoms with Gasteiger partial charge in [-0.05, 0) is 6.07 Å². The Labute approximate surface area is 53.2 Å². The van der Waals surface area contributed by atoms with E-state index in [2.05, 4.69) is 4.98 Å². The largest absolute Gasteiger partial charge is 0.508 e. The fraction of sp³-hybridized carbons (Fsp3) is 0.167. The summed E-state index contributed by atoms with van der Waals surface area (Å²) in [5.41, 5.74) is 5.95. The number of nitrogens with zero attached hydrogens (tertiary/aromatic N) is 1. The van der Waals surface area contributed by atoms with E-state index in [-0.39, 0.29) is 5.75 Å². The molecule has 1 heterocycles. The third-order valence-electron chi connectivity index (χ3n) is 1.01. The summed E-state index contributed by atoms with van der Waals surface area (Å²) in [5, 5.41) is 8.85. The van der Waals surface area contributed by atoms with Gasteiger partial charge in [-0.2, -0.15) is 0 Å². The summed E-state index contributed by atoms with van der Waals surface area (Å²) in [7, 11) is 0. The number of hydrogen-bond donors (Lipinski definition) is 2. The summed E-state index contributed by atoms with van der Waals surface area (Å²) in [6, 6.07) is 3.05. The van der Waals surface area contributed by atoms with E-state index >= 15 is 0 Å². The topological polar surface area (TPSA) is 59.1 Å². The van der Waals surface area contributed by atoms with Crippen LogP contribution in [0, 0.1) is 0 Å². The van der Waals surface area contributed by atoms with Crippen molar-refractivity contribution in [2.75, 3.05) is 0 Å². The maximum absolute atomic E-state index is 8.85. The van der Waals surface area contributed by atoms with E-state index < -0.39 is 0 Å². The highest BCUT2D eigenvalue weighted by atomic mass is 16.3. The Morgan fingerprint density at radius 3 is 2.89 bits per heavy atom. The standard InChI is InChI=1S/C6H8N2O/c7-4-5-3-6(9)1-2-8-5/h1-3H,4,7H2,(H,8,9). The van der Waals surface area contributed by atoms with E-state index in [9.17, 15) is 0 Å². The first-order chi connectivity index (χ1) is 4.33. The lowest BCUT2D eigenvalue weighted by atomic mass is 10.3. The van der Waals surface area contributed by atoms with Crippen LogP contribution in [0.3, 0.4) is 0 Å². The highest BCUT2D eigenvalue weighted by Gasteiger charge is 1.89. The predicted molar refractivity (Wildman–Crippen MR) is 33.8 cm³/mol. The van der Waals surface area contributed by atoms with Crippen LogP contribution in [-0.2, 0) is 6.54 Å². The number of aromatic hydroxyl groups is 1. The van der Waals surface area contributed by atoms with Crippen molar-refractivity contribution in [2.45, 2.75) is 6.54 Å². The minimum atomic E-state index is 0.213. The van der Waals surface area contributed by atoms with E-state index in [1.165, 1.54) is 12.3 Å². The lowest BCUT2D eigenvalue weighted by molar-refractivity contribution is 0.473. The summed E-state index contributed by atoms with van der Waals surface area (Å²) in [5.74, 6) is 0.213. The van der Waals surface area contributed by atoms with Gasteiger partial charge in [-0.1, -0.05) is 0 Å². The zero-order chi connectivity index (χ0) is 6.69. The summed E-state index contributed by atoms with van der Waals surface area (Å²) in [6.07, 6.45) is 1.53. The molecule has 0 spiro atoms. The molecule has 0 radical (unpaired) electrons. The molecule has 0 saturated carbocycles. The lowest BCUT2D eigenvalue weighted by Gasteiger charge is -1.93. The molecule has 1 aromatic heterocycles. The second-order valence-electron chi connectivity index (χ2n) is 1.71. The van der Waals surface area contributed by atoms with Crippen LogP contribution in [0.1, 0.15) is 5.69 Å². The van der Waals surface area contributed by atoms with Gasteiger partial charge in [0.1, 0.15) is 5.75 Å². The lowest BCUT2D eigenvalue weighted by Crippen LogP contribution is -1.97. The molecule has 0 aliphatic rings. The fourth-order valence-corrected chi connectivity index (χ4v) is 0.577. The molecular formula is C6H8N2O. The molecule has 3 N–H and O–H groups in total. The summed E-state index contributed by atoms with van der Waals surface area (Å²) in [4.78, 5) is 3.87. The molecule has 0 amide bonds. The van der Waals surface area contributed by atoms with Crippen LogP contribution < -0.4 is 5.73 Å². The van der Waals surface area contributed by atoms with Crippen molar-refractivity contribution in [2.24, 2.45) is 5.73 Å². The Bertz CT molecular complexity index is 200. The van der Waals surface area contributed by atoms with Gasteiger partial charge in [0.05, 0.1) is 5.69 Å². The molecule has 9 heavy (non-hydrogen) atoms. The first kappa shape index (κ1) is 6.04. The fourth-order valence-electron chi connectivity index (χ4n) is 0.577. The predicted octanol–water partition coefficient (Wildman–Crippen LogP) is 0.246. The summed E-state index contributed by atoms with van der Waals surface area (Å²) >= 11 is 0. The molecule has 0 unspecified atom stereocenters. The highest BCUT2D eigenvalue weighted by Crippen LogP contribution is 2.06. The maximum atomic E-state index is 8.85. The van der Waals surface area contributed by atoms with E-state index in [0.717, 1.165) is 0 Å². The van der Waals surface area contributed by atoms with Crippen LogP contribution in [0.2, 0.25) is 0 Å². The molecule has 48 valence electrons. The van der Waals surface area contributed by atoms with Crippen LogP contribution >= 0.6 is 0 Å².